The average Bonchev–Trinajstić information content (AvgIpc) is 2.42. The lowest BCUT2D eigenvalue weighted by atomic mass is 9.73. The van der Waals surface area contributed by atoms with Crippen molar-refractivity contribution in [1.29, 1.82) is 0 Å². The molecule has 0 unspecified atom stereocenters. The molecule has 0 heterocycles. The minimum Gasteiger partial charge on any atom is -0.329 e. The molecular weight excluding hydrogens is 243 g/mol. The molecule has 1 aliphatic carbocycles. The molecule has 1 amide bonds. The Bertz CT molecular complexity index is 467. The number of hydrogen-bond donors (Lipinski definition) is 2. The molecular formula is C15H21FN2O. The zero-order chi connectivity index (χ0) is 13.9. The molecule has 104 valence electrons. The van der Waals surface area contributed by atoms with Crippen molar-refractivity contribution in [3.8, 4) is 0 Å². The first kappa shape index (κ1) is 14.0. The monoisotopic (exact) mass is 264 g/mol. The van der Waals surface area contributed by atoms with E-state index in [0.29, 0.717) is 12.2 Å². The Morgan fingerprint density at radius 3 is 2.63 bits per heavy atom. The average molecular weight is 264 g/mol. The molecule has 1 aromatic carbocycles. The van der Waals surface area contributed by atoms with E-state index < -0.39 is 5.41 Å². The molecule has 0 aromatic heterocycles. The molecule has 1 saturated carbocycles. The highest BCUT2D eigenvalue weighted by molar-refractivity contribution is 5.96. The van der Waals surface area contributed by atoms with Gasteiger partial charge in [0.05, 0.1) is 5.41 Å². The number of nitrogens with two attached hydrogens (primary N) is 1. The van der Waals surface area contributed by atoms with Gasteiger partial charge in [-0.05, 0) is 43.5 Å². The molecule has 4 heteroatoms. The summed E-state index contributed by atoms with van der Waals surface area (Å²) >= 11 is 0. The first-order valence-electron chi connectivity index (χ1n) is 6.85. The van der Waals surface area contributed by atoms with Gasteiger partial charge >= 0.3 is 0 Å². The van der Waals surface area contributed by atoms with Crippen LogP contribution in [0.1, 0.15) is 37.7 Å². The zero-order valence-corrected chi connectivity index (χ0v) is 11.3. The predicted molar refractivity (Wildman–Crippen MR) is 74.3 cm³/mol. The van der Waals surface area contributed by atoms with Gasteiger partial charge in [0.2, 0.25) is 5.91 Å². The summed E-state index contributed by atoms with van der Waals surface area (Å²) < 4.78 is 13.0. The standard InChI is InChI=1S/C15H21FN2O/c1-11-9-12(16)5-6-13(11)18-14(19)15(10-17)7-3-2-4-8-15/h5-6,9H,2-4,7-8,10,17H2,1H3,(H,18,19). The number of anilines is 1. The van der Waals surface area contributed by atoms with Crippen molar-refractivity contribution in [1.82, 2.24) is 0 Å². The zero-order valence-electron chi connectivity index (χ0n) is 11.3. The number of carbonyl (C=O) groups is 1. The molecule has 0 radical (unpaired) electrons. The van der Waals surface area contributed by atoms with Crippen LogP contribution >= 0.6 is 0 Å². The Morgan fingerprint density at radius 1 is 1.37 bits per heavy atom. The molecule has 1 aliphatic rings. The molecule has 1 aromatic rings. The fraction of sp³-hybridized carbons (Fsp3) is 0.533. The maximum absolute atomic E-state index is 13.0. The fourth-order valence-corrected chi connectivity index (χ4v) is 2.77. The lowest BCUT2D eigenvalue weighted by Gasteiger charge is -2.34. The van der Waals surface area contributed by atoms with E-state index in [1.165, 1.54) is 18.6 Å². The van der Waals surface area contributed by atoms with Gasteiger partial charge < -0.3 is 11.1 Å². The van der Waals surface area contributed by atoms with Gasteiger partial charge in [0, 0.05) is 12.2 Å². The molecule has 0 aliphatic heterocycles. The van der Waals surface area contributed by atoms with Gasteiger partial charge in [-0.1, -0.05) is 19.3 Å². The minimum absolute atomic E-state index is 0.0237. The summed E-state index contributed by atoms with van der Waals surface area (Å²) in [5, 5.41) is 2.91. The first-order chi connectivity index (χ1) is 9.07. The molecule has 1 fully saturated rings. The van der Waals surface area contributed by atoms with Crippen molar-refractivity contribution in [3.63, 3.8) is 0 Å². The normalized spacial score (nSPS) is 18.1. The van der Waals surface area contributed by atoms with Crippen molar-refractivity contribution < 1.29 is 9.18 Å². The summed E-state index contributed by atoms with van der Waals surface area (Å²) in [7, 11) is 0. The van der Waals surface area contributed by atoms with Crippen LogP contribution in [-0.4, -0.2) is 12.5 Å². The minimum atomic E-state index is -0.445. The molecule has 0 atom stereocenters. The van der Waals surface area contributed by atoms with Crippen molar-refractivity contribution in [3.05, 3.63) is 29.6 Å². The van der Waals surface area contributed by atoms with E-state index in [1.807, 2.05) is 0 Å². The van der Waals surface area contributed by atoms with E-state index in [4.69, 9.17) is 5.73 Å². The quantitative estimate of drug-likeness (QED) is 0.881. The second kappa shape index (κ2) is 5.70. The van der Waals surface area contributed by atoms with Crippen LogP contribution in [-0.2, 0) is 4.79 Å². The van der Waals surface area contributed by atoms with E-state index >= 15 is 0 Å². The number of benzene rings is 1. The van der Waals surface area contributed by atoms with Crippen LogP contribution in [0.5, 0.6) is 0 Å². The third-order valence-electron chi connectivity index (χ3n) is 4.12. The number of carbonyl (C=O) groups excluding carboxylic acids is 1. The number of rotatable bonds is 3. The van der Waals surface area contributed by atoms with Crippen molar-refractivity contribution in [2.24, 2.45) is 11.1 Å². The summed E-state index contributed by atoms with van der Waals surface area (Å²) in [4.78, 5) is 12.5. The molecule has 3 nitrogen and oxygen atoms in total. The third kappa shape index (κ3) is 2.95. The first-order valence-corrected chi connectivity index (χ1v) is 6.85. The number of hydrogen-bond acceptors (Lipinski definition) is 2. The van der Waals surface area contributed by atoms with E-state index in [-0.39, 0.29) is 11.7 Å². The third-order valence-corrected chi connectivity index (χ3v) is 4.12. The van der Waals surface area contributed by atoms with Crippen molar-refractivity contribution in [2.45, 2.75) is 39.0 Å². The summed E-state index contributed by atoms with van der Waals surface area (Å²) in [5.41, 5.74) is 6.79. The van der Waals surface area contributed by atoms with Crippen LogP contribution in [0.25, 0.3) is 0 Å². The van der Waals surface area contributed by atoms with Gasteiger partial charge in [-0.15, -0.1) is 0 Å². The van der Waals surface area contributed by atoms with Gasteiger partial charge in [-0.3, -0.25) is 4.79 Å². The van der Waals surface area contributed by atoms with Gasteiger partial charge in [0.15, 0.2) is 0 Å². The van der Waals surface area contributed by atoms with E-state index in [9.17, 15) is 9.18 Å². The molecule has 3 N–H and O–H groups in total. The Hall–Kier alpha value is -1.42. The Balaban J connectivity index is 2.15. The van der Waals surface area contributed by atoms with E-state index in [2.05, 4.69) is 5.32 Å². The maximum atomic E-state index is 13.0. The van der Waals surface area contributed by atoms with Crippen LogP contribution in [0, 0.1) is 18.2 Å². The SMILES string of the molecule is Cc1cc(F)ccc1NC(=O)C1(CN)CCCCC1. The summed E-state index contributed by atoms with van der Waals surface area (Å²) in [5.74, 6) is -0.314. The van der Waals surface area contributed by atoms with Crippen LogP contribution < -0.4 is 11.1 Å². The highest BCUT2D eigenvalue weighted by Crippen LogP contribution is 2.36. The Kier molecular flexibility index (Phi) is 4.20. The van der Waals surface area contributed by atoms with Crippen LogP contribution in [0.2, 0.25) is 0 Å². The van der Waals surface area contributed by atoms with Crippen LogP contribution in [0.15, 0.2) is 18.2 Å². The topological polar surface area (TPSA) is 55.1 Å². The van der Waals surface area contributed by atoms with Crippen molar-refractivity contribution in [2.75, 3.05) is 11.9 Å². The summed E-state index contributed by atoms with van der Waals surface area (Å²) in [6.45, 7) is 2.16. The summed E-state index contributed by atoms with van der Waals surface area (Å²) in [6, 6.07) is 4.39. The molecule has 0 spiro atoms. The molecule has 19 heavy (non-hydrogen) atoms. The Morgan fingerprint density at radius 2 is 2.05 bits per heavy atom. The highest BCUT2D eigenvalue weighted by Gasteiger charge is 2.38. The molecule has 2 rings (SSSR count). The van der Waals surface area contributed by atoms with E-state index in [0.717, 1.165) is 31.2 Å². The van der Waals surface area contributed by atoms with Gasteiger partial charge in [-0.2, -0.15) is 0 Å². The largest absolute Gasteiger partial charge is 0.329 e. The van der Waals surface area contributed by atoms with Crippen LogP contribution in [0.3, 0.4) is 0 Å². The number of halogens is 1. The number of amides is 1. The van der Waals surface area contributed by atoms with E-state index in [1.54, 1.807) is 13.0 Å². The highest BCUT2D eigenvalue weighted by atomic mass is 19.1. The van der Waals surface area contributed by atoms with Gasteiger partial charge in [0.1, 0.15) is 5.82 Å². The smallest absolute Gasteiger partial charge is 0.231 e. The van der Waals surface area contributed by atoms with Gasteiger partial charge in [-0.25, -0.2) is 4.39 Å². The number of aryl methyl sites for hydroxylation is 1. The second-order valence-electron chi connectivity index (χ2n) is 5.46. The van der Waals surface area contributed by atoms with Crippen LogP contribution in [0.4, 0.5) is 10.1 Å². The lowest BCUT2D eigenvalue weighted by molar-refractivity contribution is -0.126. The summed E-state index contributed by atoms with van der Waals surface area (Å²) in [6.07, 6.45) is 4.95. The maximum Gasteiger partial charge on any atom is 0.231 e. The Labute approximate surface area is 113 Å². The van der Waals surface area contributed by atoms with Crippen molar-refractivity contribution >= 4 is 11.6 Å². The second-order valence-corrected chi connectivity index (χ2v) is 5.46. The number of nitrogens with one attached hydrogen (secondary N) is 1. The fourth-order valence-electron chi connectivity index (χ4n) is 2.77. The van der Waals surface area contributed by atoms with Gasteiger partial charge in [0.25, 0.3) is 0 Å². The molecule has 0 saturated heterocycles. The predicted octanol–water partition coefficient (Wildman–Crippen LogP) is 2.98. The lowest BCUT2D eigenvalue weighted by Crippen LogP contribution is -2.43. The molecule has 0 bridgehead atoms.